The van der Waals surface area contributed by atoms with Gasteiger partial charge in [-0.25, -0.2) is 13.4 Å². The number of thiazole rings is 1. The Morgan fingerprint density at radius 1 is 1.69 bits per heavy atom. The molecular weight excluding hydrogens is 274 g/mol. The van der Waals surface area contributed by atoms with Crippen LogP contribution in [0.2, 0.25) is 4.47 Å². The molecule has 0 unspecified atom stereocenters. The molecular formula is C7H10ClN3O3S2. The first kappa shape index (κ1) is 13.4. The van der Waals surface area contributed by atoms with E-state index in [2.05, 4.69) is 4.98 Å². The Labute approximate surface area is 102 Å². The number of halogens is 1. The van der Waals surface area contributed by atoms with Gasteiger partial charge in [-0.15, -0.1) is 0 Å². The summed E-state index contributed by atoms with van der Waals surface area (Å²) in [5.74, 6) is -0.707. The fraction of sp³-hybridized carbons (Fsp3) is 0.429. The minimum absolute atomic E-state index is 0.000556. The topological polar surface area (TPSA) is 93.4 Å². The molecule has 1 aromatic rings. The number of rotatable bonds is 5. The molecule has 0 fully saturated rings. The van der Waals surface area contributed by atoms with Crippen LogP contribution >= 0.6 is 22.9 Å². The molecule has 0 spiro atoms. The summed E-state index contributed by atoms with van der Waals surface area (Å²) < 4.78 is 25.0. The van der Waals surface area contributed by atoms with Crippen LogP contribution in [0.15, 0.2) is 10.4 Å². The van der Waals surface area contributed by atoms with E-state index >= 15 is 0 Å². The van der Waals surface area contributed by atoms with Crippen LogP contribution in [0.5, 0.6) is 0 Å². The van der Waals surface area contributed by atoms with E-state index < -0.39 is 15.9 Å². The monoisotopic (exact) mass is 283 g/mol. The van der Waals surface area contributed by atoms with Crippen molar-refractivity contribution in [3.05, 3.63) is 10.7 Å². The lowest BCUT2D eigenvalue weighted by Gasteiger charge is -2.16. The second-order valence-corrected chi connectivity index (χ2v) is 6.61. The zero-order valence-corrected chi connectivity index (χ0v) is 10.8. The van der Waals surface area contributed by atoms with Crippen LogP contribution in [0.1, 0.15) is 6.92 Å². The molecule has 0 aliphatic heterocycles. The average Bonchev–Trinajstić information content (AvgIpc) is 2.61. The first-order valence-electron chi connectivity index (χ1n) is 4.27. The van der Waals surface area contributed by atoms with Gasteiger partial charge in [0.2, 0.25) is 5.91 Å². The predicted octanol–water partition coefficient (Wildman–Crippen LogP) is 0.292. The highest BCUT2D eigenvalue weighted by molar-refractivity contribution is 7.91. The van der Waals surface area contributed by atoms with Gasteiger partial charge in [0.1, 0.15) is 0 Å². The van der Waals surface area contributed by atoms with Gasteiger partial charge in [0, 0.05) is 6.54 Å². The number of sulfonamides is 1. The number of primary amides is 1. The third-order valence-corrected chi connectivity index (χ3v) is 5.21. The summed E-state index contributed by atoms with van der Waals surface area (Å²) in [5.41, 5.74) is 4.97. The molecule has 0 aliphatic carbocycles. The van der Waals surface area contributed by atoms with E-state index in [1.54, 1.807) is 6.92 Å². The number of hydrogen-bond donors (Lipinski definition) is 1. The number of carbonyl (C=O) groups excluding carboxylic acids is 1. The maximum absolute atomic E-state index is 11.9. The van der Waals surface area contributed by atoms with E-state index in [4.69, 9.17) is 17.3 Å². The van der Waals surface area contributed by atoms with Gasteiger partial charge in [0.05, 0.1) is 12.7 Å². The molecule has 0 aliphatic rings. The largest absolute Gasteiger partial charge is 0.369 e. The SMILES string of the molecule is CCN(CC(N)=O)S(=O)(=O)c1cnc(Cl)s1. The highest BCUT2D eigenvalue weighted by Gasteiger charge is 2.26. The van der Waals surface area contributed by atoms with Crippen LogP contribution < -0.4 is 5.73 Å². The number of hydrogen-bond acceptors (Lipinski definition) is 5. The maximum atomic E-state index is 11.9. The van der Waals surface area contributed by atoms with Crippen molar-refractivity contribution in [3.8, 4) is 0 Å². The van der Waals surface area contributed by atoms with Crippen LogP contribution in [0.25, 0.3) is 0 Å². The summed E-state index contributed by atoms with van der Waals surface area (Å²) in [7, 11) is -3.72. The quantitative estimate of drug-likeness (QED) is 0.840. The minimum Gasteiger partial charge on any atom is -0.369 e. The van der Waals surface area contributed by atoms with E-state index in [-0.39, 0.29) is 21.8 Å². The van der Waals surface area contributed by atoms with Gasteiger partial charge >= 0.3 is 0 Å². The third-order valence-electron chi connectivity index (χ3n) is 1.74. The van der Waals surface area contributed by atoms with E-state index in [0.717, 1.165) is 21.8 Å². The summed E-state index contributed by atoms with van der Waals surface area (Å²) in [6, 6.07) is 0. The highest BCUT2D eigenvalue weighted by atomic mass is 35.5. The summed E-state index contributed by atoms with van der Waals surface area (Å²) in [4.78, 5) is 14.4. The van der Waals surface area contributed by atoms with Crippen LogP contribution in [-0.4, -0.2) is 36.7 Å². The fourth-order valence-electron chi connectivity index (χ4n) is 1.03. The van der Waals surface area contributed by atoms with Crippen molar-refractivity contribution in [2.75, 3.05) is 13.1 Å². The number of aromatic nitrogens is 1. The smallest absolute Gasteiger partial charge is 0.254 e. The van der Waals surface area contributed by atoms with E-state index in [9.17, 15) is 13.2 Å². The Balaban J connectivity index is 3.04. The zero-order valence-electron chi connectivity index (χ0n) is 8.38. The van der Waals surface area contributed by atoms with Crippen molar-refractivity contribution in [1.29, 1.82) is 0 Å². The molecule has 0 aromatic carbocycles. The summed E-state index contributed by atoms with van der Waals surface area (Å²) in [5, 5.41) is 0. The van der Waals surface area contributed by atoms with Gasteiger partial charge in [0.25, 0.3) is 10.0 Å². The van der Waals surface area contributed by atoms with Gasteiger partial charge in [-0.3, -0.25) is 4.79 Å². The van der Waals surface area contributed by atoms with Gasteiger partial charge in [-0.1, -0.05) is 29.9 Å². The standard InChI is InChI=1S/C7H10ClN3O3S2/c1-2-11(4-5(9)12)16(13,14)6-3-10-7(8)15-6/h3H,2,4H2,1H3,(H2,9,12). The van der Waals surface area contributed by atoms with Crippen LogP contribution in [0.4, 0.5) is 0 Å². The molecule has 1 aromatic heterocycles. The summed E-state index contributed by atoms with van der Waals surface area (Å²) in [6.45, 7) is 1.41. The minimum atomic E-state index is -3.72. The molecule has 6 nitrogen and oxygen atoms in total. The predicted molar refractivity (Wildman–Crippen MR) is 60.8 cm³/mol. The van der Waals surface area contributed by atoms with Gasteiger partial charge < -0.3 is 5.73 Å². The van der Waals surface area contributed by atoms with Gasteiger partial charge in [-0.05, 0) is 0 Å². The molecule has 9 heteroatoms. The summed E-state index contributed by atoms with van der Waals surface area (Å²) >= 11 is 6.39. The van der Waals surface area contributed by atoms with Crippen molar-refractivity contribution in [2.45, 2.75) is 11.1 Å². The fourth-order valence-corrected chi connectivity index (χ4v) is 3.89. The number of carbonyl (C=O) groups is 1. The van der Waals surface area contributed by atoms with E-state index in [0.29, 0.717) is 0 Å². The Morgan fingerprint density at radius 3 is 2.69 bits per heavy atom. The third kappa shape index (κ3) is 2.91. The Morgan fingerprint density at radius 2 is 2.31 bits per heavy atom. The van der Waals surface area contributed by atoms with Gasteiger partial charge in [-0.2, -0.15) is 4.31 Å². The Hall–Kier alpha value is -0.700. The van der Waals surface area contributed by atoms with Crippen LogP contribution in [0, 0.1) is 0 Å². The number of nitrogens with two attached hydrogens (primary N) is 1. The Kier molecular flexibility index (Phi) is 4.25. The van der Waals surface area contributed by atoms with Crippen molar-refractivity contribution in [2.24, 2.45) is 5.73 Å². The van der Waals surface area contributed by atoms with Crippen molar-refractivity contribution in [1.82, 2.24) is 9.29 Å². The summed E-state index contributed by atoms with van der Waals surface area (Å²) in [6.07, 6.45) is 1.16. The first-order chi connectivity index (χ1) is 7.37. The molecule has 90 valence electrons. The second kappa shape index (κ2) is 5.09. The van der Waals surface area contributed by atoms with Crippen molar-refractivity contribution < 1.29 is 13.2 Å². The van der Waals surface area contributed by atoms with Crippen LogP contribution in [-0.2, 0) is 14.8 Å². The molecule has 1 heterocycles. The molecule has 2 N–H and O–H groups in total. The number of likely N-dealkylation sites (N-methyl/N-ethyl adjacent to an activating group) is 1. The highest BCUT2D eigenvalue weighted by Crippen LogP contribution is 2.25. The molecule has 1 rings (SSSR count). The molecule has 0 radical (unpaired) electrons. The average molecular weight is 284 g/mol. The molecule has 0 saturated heterocycles. The zero-order chi connectivity index (χ0) is 12.3. The number of nitrogens with zero attached hydrogens (tertiary/aromatic N) is 2. The normalized spacial score (nSPS) is 11.9. The van der Waals surface area contributed by atoms with E-state index in [1.807, 2.05) is 0 Å². The van der Waals surface area contributed by atoms with Crippen molar-refractivity contribution >= 4 is 38.9 Å². The molecule has 0 bridgehead atoms. The lowest BCUT2D eigenvalue weighted by Crippen LogP contribution is -2.37. The lowest BCUT2D eigenvalue weighted by atomic mass is 10.6. The maximum Gasteiger partial charge on any atom is 0.254 e. The number of amides is 1. The first-order valence-corrected chi connectivity index (χ1v) is 6.91. The van der Waals surface area contributed by atoms with Crippen molar-refractivity contribution in [3.63, 3.8) is 0 Å². The molecule has 0 atom stereocenters. The molecule has 0 saturated carbocycles. The molecule has 16 heavy (non-hydrogen) atoms. The van der Waals surface area contributed by atoms with Crippen LogP contribution in [0.3, 0.4) is 0 Å². The van der Waals surface area contributed by atoms with Gasteiger partial charge in [0.15, 0.2) is 8.68 Å². The Bertz CT molecular complexity index is 485. The van der Waals surface area contributed by atoms with E-state index in [1.165, 1.54) is 0 Å². The second-order valence-electron chi connectivity index (χ2n) is 2.83. The lowest BCUT2D eigenvalue weighted by molar-refractivity contribution is -0.118. The molecule has 1 amide bonds.